The number of carbonyl (C=O) groups is 2. The molecule has 0 spiro atoms. The zero-order valence-electron chi connectivity index (χ0n) is 14.6. The van der Waals surface area contributed by atoms with E-state index in [9.17, 15) is 19.7 Å². The van der Waals surface area contributed by atoms with E-state index in [4.69, 9.17) is 9.84 Å². The smallest absolute Gasteiger partial charge is 0.407 e. The number of carboxylic acid groups (broad SMARTS) is 1. The topological polar surface area (TPSA) is 131 Å². The third-order valence-corrected chi connectivity index (χ3v) is 4.37. The Hall–Kier alpha value is -3.04. The SMILES string of the molecule is COC(=O)c1cc(OC)c(NCC2CCN(C(=O)O)CC2)c([N+](=O)[O-])c1. The molecular formula is C16H21N3O7. The van der Waals surface area contributed by atoms with E-state index in [1.807, 2.05) is 0 Å². The fourth-order valence-electron chi connectivity index (χ4n) is 2.89. The van der Waals surface area contributed by atoms with Crippen LogP contribution in [0.4, 0.5) is 16.2 Å². The van der Waals surface area contributed by atoms with Crippen molar-refractivity contribution >= 4 is 23.4 Å². The molecule has 1 amide bonds. The summed E-state index contributed by atoms with van der Waals surface area (Å²) in [6, 6.07) is 2.53. The van der Waals surface area contributed by atoms with Gasteiger partial charge in [-0.15, -0.1) is 0 Å². The van der Waals surface area contributed by atoms with Crippen molar-refractivity contribution in [1.29, 1.82) is 0 Å². The third-order valence-electron chi connectivity index (χ3n) is 4.37. The molecule has 0 atom stereocenters. The van der Waals surface area contributed by atoms with Crippen molar-refractivity contribution in [3.63, 3.8) is 0 Å². The highest BCUT2D eigenvalue weighted by Gasteiger charge is 2.26. The van der Waals surface area contributed by atoms with Crippen LogP contribution in [0, 0.1) is 16.0 Å². The van der Waals surface area contributed by atoms with E-state index in [1.54, 1.807) is 0 Å². The Bertz CT molecular complexity index is 699. The fourth-order valence-corrected chi connectivity index (χ4v) is 2.89. The van der Waals surface area contributed by atoms with Gasteiger partial charge in [-0.05, 0) is 24.8 Å². The minimum absolute atomic E-state index is 0.0244. The van der Waals surface area contributed by atoms with Crippen LogP contribution in [0.3, 0.4) is 0 Å². The second kappa shape index (κ2) is 8.37. The van der Waals surface area contributed by atoms with Crippen molar-refractivity contribution < 1.29 is 29.1 Å². The Kier molecular flexibility index (Phi) is 6.21. The number of hydrogen-bond acceptors (Lipinski definition) is 7. The number of piperidine rings is 1. The van der Waals surface area contributed by atoms with Gasteiger partial charge in [0.05, 0.1) is 24.7 Å². The van der Waals surface area contributed by atoms with Crippen molar-refractivity contribution in [2.75, 3.05) is 39.2 Å². The molecule has 0 bridgehead atoms. The molecule has 2 N–H and O–H groups in total. The number of anilines is 1. The van der Waals surface area contributed by atoms with E-state index < -0.39 is 17.0 Å². The second-order valence-electron chi connectivity index (χ2n) is 5.92. The Morgan fingerprint density at radius 1 is 1.35 bits per heavy atom. The van der Waals surface area contributed by atoms with Crippen LogP contribution >= 0.6 is 0 Å². The van der Waals surface area contributed by atoms with Gasteiger partial charge in [-0.1, -0.05) is 0 Å². The summed E-state index contributed by atoms with van der Waals surface area (Å²) < 4.78 is 9.80. The average Bonchev–Trinajstić information content (AvgIpc) is 2.65. The molecule has 0 unspecified atom stereocenters. The van der Waals surface area contributed by atoms with Crippen LogP contribution in [0.15, 0.2) is 12.1 Å². The molecule has 1 aliphatic rings. The normalized spacial score (nSPS) is 14.6. The number of nitrogens with zero attached hydrogens (tertiary/aromatic N) is 2. The fraction of sp³-hybridized carbons (Fsp3) is 0.500. The van der Waals surface area contributed by atoms with Gasteiger partial charge < -0.3 is 24.8 Å². The summed E-state index contributed by atoms with van der Waals surface area (Å²) in [5.41, 5.74) is -0.0742. The van der Waals surface area contributed by atoms with Gasteiger partial charge in [-0.3, -0.25) is 10.1 Å². The van der Waals surface area contributed by atoms with Crippen molar-refractivity contribution in [3.8, 4) is 5.75 Å². The number of benzene rings is 1. The summed E-state index contributed by atoms with van der Waals surface area (Å²) >= 11 is 0. The van der Waals surface area contributed by atoms with Gasteiger partial charge in [0.15, 0.2) is 5.69 Å². The first-order valence-electron chi connectivity index (χ1n) is 8.03. The van der Waals surface area contributed by atoms with Gasteiger partial charge in [0.2, 0.25) is 0 Å². The molecule has 10 nitrogen and oxygen atoms in total. The highest BCUT2D eigenvalue weighted by atomic mass is 16.6. The Morgan fingerprint density at radius 2 is 2.00 bits per heavy atom. The molecule has 26 heavy (non-hydrogen) atoms. The predicted molar refractivity (Wildman–Crippen MR) is 91.8 cm³/mol. The number of hydrogen-bond donors (Lipinski definition) is 2. The number of ether oxygens (including phenoxy) is 2. The molecular weight excluding hydrogens is 346 g/mol. The number of rotatable bonds is 6. The molecule has 0 saturated carbocycles. The molecule has 0 radical (unpaired) electrons. The molecule has 1 aromatic carbocycles. The van der Waals surface area contributed by atoms with Crippen LogP contribution in [-0.2, 0) is 4.74 Å². The lowest BCUT2D eigenvalue weighted by Gasteiger charge is -2.30. The second-order valence-corrected chi connectivity index (χ2v) is 5.92. The lowest BCUT2D eigenvalue weighted by molar-refractivity contribution is -0.384. The van der Waals surface area contributed by atoms with Crippen molar-refractivity contribution in [1.82, 2.24) is 4.90 Å². The number of nitrogens with one attached hydrogen (secondary N) is 1. The zero-order chi connectivity index (χ0) is 19.3. The summed E-state index contributed by atoms with van der Waals surface area (Å²) in [7, 11) is 2.55. The number of nitro groups is 1. The maximum Gasteiger partial charge on any atom is 0.407 e. The number of carbonyl (C=O) groups excluding carboxylic acids is 1. The minimum atomic E-state index is -0.938. The first kappa shape index (κ1) is 19.3. The standard InChI is InChI=1S/C16H21N3O7/c1-25-13-8-11(15(20)26-2)7-12(19(23)24)14(13)17-9-10-3-5-18(6-4-10)16(21)22/h7-8,10,17H,3-6,9H2,1-2H3,(H,21,22). The van der Waals surface area contributed by atoms with Crippen LogP contribution in [-0.4, -0.2) is 60.8 Å². The Morgan fingerprint density at radius 3 is 2.50 bits per heavy atom. The predicted octanol–water partition coefficient (Wildman–Crippen LogP) is 2.19. The number of nitro benzene ring substituents is 1. The van der Waals surface area contributed by atoms with Gasteiger partial charge in [-0.2, -0.15) is 0 Å². The van der Waals surface area contributed by atoms with Crippen LogP contribution in [0.5, 0.6) is 5.75 Å². The van der Waals surface area contributed by atoms with E-state index in [0.717, 1.165) is 6.07 Å². The summed E-state index contributed by atoms with van der Waals surface area (Å²) in [5.74, 6) is -0.350. The Labute approximate surface area is 149 Å². The largest absolute Gasteiger partial charge is 0.494 e. The van der Waals surface area contributed by atoms with E-state index in [2.05, 4.69) is 10.1 Å². The molecule has 10 heteroatoms. The van der Waals surface area contributed by atoms with Gasteiger partial charge in [-0.25, -0.2) is 9.59 Å². The van der Waals surface area contributed by atoms with Gasteiger partial charge in [0.25, 0.3) is 5.69 Å². The van der Waals surface area contributed by atoms with E-state index >= 15 is 0 Å². The number of esters is 1. The first-order valence-corrected chi connectivity index (χ1v) is 8.03. The molecule has 1 aromatic rings. The zero-order valence-corrected chi connectivity index (χ0v) is 14.6. The molecule has 2 rings (SSSR count). The molecule has 142 valence electrons. The summed E-state index contributed by atoms with van der Waals surface area (Å²) in [6.45, 7) is 1.30. The molecule has 1 saturated heterocycles. The van der Waals surface area contributed by atoms with Crippen LogP contribution in [0.2, 0.25) is 0 Å². The monoisotopic (exact) mass is 367 g/mol. The maximum atomic E-state index is 11.7. The number of likely N-dealkylation sites (tertiary alicyclic amines) is 1. The van der Waals surface area contributed by atoms with Crippen LogP contribution in [0.1, 0.15) is 23.2 Å². The maximum absolute atomic E-state index is 11.7. The molecule has 0 aromatic heterocycles. The Balaban J connectivity index is 2.16. The average molecular weight is 367 g/mol. The number of amides is 1. The van der Waals surface area contributed by atoms with E-state index in [1.165, 1.54) is 25.2 Å². The van der Waals surface area contributed by atoms with Crippen molar-refractivity contribution in [2.45, 2.75) is 12.8 Å². The van der Waals surface area contributed by atoms with Crippen LogP contribution in [0.25, 0.3) is 0 Å². The summed E-state index contributed by atoms with van der Waals surface area (Å²) in [6.07, 6.45) is 0.387. The van der Waals surface area contributed by atoms with E-state index in [0.29, 0.717) is 32.5 Å². The van der Waals surface area contributed by atoms with Gasteiger partial charge >= 0.3 is 12.1 Å². The molecule has 1 fully saturated rings. The van der Waals surface area contributed by atoms with Crippen molar-refractivity contribution in [2.24, 2.45) is 5.92 Å². The highest BCUT2D eigenvalue weighted by Crippen LogP contribution is 2.36. The first-order chi connectivity index (χ1) is 12.4. The quantitative estimate of drug-likeness (QED) is 0.444. The number of methoxy groups -OCH3 is 2. The lowest BCUT2D eigenvalue weighted by Crippen LogP contribution is -2.39. The lowest BCUT2D eigenvalue weighted by atomic mass is 9.97. The summed E-state index contributed by atoms with van der Waals surface area (Å²) in [4.78, 5) is 34.8. The van der Waals surface area contributed by atoms with Gasteiger partial charge in [0, 0.05) is 25.7 Å². The molecule has 1 heterocycles. The minimum Gasteiger partial charge on any atom is -0.494 e. The molecule has 1 aliphatic heterocycles. The highest BCUT2D eigenvalue weighted by molar-refractivity contribution is 5.92. The summed E-state index contributed by atoms with van der Waals surface area (Å²) in [5, 5.41) is 23.4. The van der Waals surface area contributed by atoms with Gasteiger partial charge in [0.1, 0.15) is 5.75 Å². The third kappa shape index (κ3) is 4.32. The molecule has 0 aliphatic carbocycles. The van der Waals surface area contributed by atoms with Crippen LogP contribution < -0.4 is 10.1 Å². The van der Waals surface area contributed by atoms with Crippen molar-refractivity contribution in [3.05, 3.63) is 27.8 Å². The van der Waals surface area contributed by atoms with E-state index in [-0.39, 0.29) is 28.6 Å².